The van der Waals surface area contributed by atoms with Gasteiger partial charge in [-0.05, 0) is 12.1 Å². The Balaban J connectivity index is 2.00. The number of carbonyl (C=O) groups is 1. The third-order valence-electron chi connectivity index (χ3n) is 3.87. The molecule has 3 aromatic rings. The Kier molecular flexibility index (Phi) is 5.13. The Morgan fingerprint density at radius 1 is 1.31 bits per heavy atom. The van der Waals surface area contributed by atoms with Crippen LogP contribution in [0, 0.1) is 0 Å². The number of fused-ring (bicyclic) bond motifs is 1. The number of aliphatic carboxylic acids is 1. The lowest BCUT2D eigenvalue weighted by Gasteiger charge is -2.08. The number of carboxylic acid groups (broad SMARTS) is 1. The van der Waals surface area contributed by atoms with Gasteiger partial charge in [-0.25, -0.2) is 9.78 Å². The monoisotopic (exact) mass is 374 g/mol. The van der Waals surface area contributed by atoms with Gasteiger partial charge in [0.1, 0.15) is 11.5 Å². The van der Waals surface area contributed by atoms with Crippen molar-refractivity contribution in [2.45, 2.75) is 6.42 Å². The summed E-state index contributed by atoms with van der Waals surface area (Å²) >= 11 is 1.45. The Bertz CT molecular complexity index is 973. The van der Waals surface area contributed by atoms with E-state index in [0.29, 0.717) is 11.5 Å². The average molecular weight is 374 g/mol. The van der Waals surface area contributed by atoms with Gasteiger partial charge in [-0.1, -0.05) is 0 Å². The van der Waals surface area contributed by atoms with Crippen LogP contribution in [0.15, 0.2) is 41.6 Å². The number of rotatable bonds is 7. The number of methoxy groups -OCH3 is 3. The maximum Gasteiger partial charge on any atom is 0.335 e. The smallest absolute Gasteiger partial charge is 0.335 e. The van der Waals surface area contributed by atoms with E-state index in [-0.39, 0.29) is 12.0 Å². The van der Waals surface area contributed by atoms with Gasteiger partial charge in [-0.2, -0.15) is 0 Å². The van der Waals surface area contributed by atoms with Gasteiger partial charge in [0.25, 0.3) is 0 Å². The Hall–Kier alpha value is -3.00. The molecule has 2 heterocycles. The molecule has 0 fully saturated rings. The summed E-state index contributed by atoms with van der Waals surface area (Å²) in [6, 6.07) is 5.53. The molecular weight excluding hydrogens is 356 g/mol. The first-order valence-corrected chi connectivity index (χ1v) is 8.58. The van der Waals surface area contributed by atoms with E-state index in [1.54, 1.807) is 20.3 Å². The van der Waals surface area contributed by atoms with Crippen molar-refractivity contribution in [3.8, 4) is 22.8 Å². The summed E-state index contributed by atoms with van der Waals surface area (Å²) in [6.07, 6.45) is 3.35. The second kappa shape index (κ2) is 7.49. The highest BCUT2D eigenvalue weighted by Crippen LogP contribution is 2.34. The first kappa shape index (κ1) is 17.8. The summed E-state index contributed by atoms with van der Waals surface area (Å²) in [5.41, 5.74) is 2.57. The fourth-order valence-corrected chi connectivity index (χ4v) is 3.47. The molecule has 0 saturated carbocycles. The Morgan fingerprint density at radius 3 is 2.77 bits per heavy atom. The van der Waals surface area contributed by atoms with Crippen molar-refractivity contribution in [3.63, 3.8) is 0 Å². The number of ether oxygens (including phenoxy) is 3. The maximum atomic E-state index is 11.3. The van der Waals surface area contributed by atoms with Crippen molar-refractivity contribution in [2.75, 3.05) is 21.3 Å². The third kappa shape index (κ3) is 3.36. The second-order valence-electron chi connectivity index (χ2n) is 5.43. The van der Waals surface area contributed by atoms with Gasteiger partial charge in [0.2, 0.25) is 0 Å². The van der Waals surface area contributed by atoms with Crippen LogP contribution in [-0.4, -0.2) is 41.8 Å². The molecule has 0 saturated heterocycles. The molecular formula is C18H18N2O5S. The quantitative estimate of drug-likeness (QED) is 0.505. The molecule has 0 atom stereocenters. The molecule has 2 aromatic heterocycles. The van der Waals surface area contributed by atoms with E-state index in [4.69, 9.17) is 14.2 Å². The lowest BCUT2D eigenvalue weighted by Crippen LogP contribution is -2.05. The normalized spacial score (nSPS) is 11.6. The van der Waals surface area contributed by atoms with Crippen molar-refractivity contribution >= 4 is 22.3 Å². The van der Waals surface area contributed by atoms with Crippen LogP contribution in [0.4, 0.5) is 0 Å². The van der Waals surface area contributed by atoms with Gasteiger partial charge in [0, 0.05) is 35.3 Å². The van der Waals surface area contributed by atoms with E-state index < -0.39 is 5.97 Å². The summed E-state index contributed by atoms with van der Waals surface area (Å²) in [5, 5.41) is 11.2. The molecule has 0 aliphatic rings. The van der Waals surface area contributed by atoms with Crippen LogP contribution in [0.2, 0.25) is 0 Å². The highest BCUT2D eigenvalue weighted by Gasteiger charge is 2.16. The third-order valence-corrected chi connectivity index (χ3v) is 4.76. The molecule has 0 aliphatic heterocycles. The van der Waals surface area contributed by atoms with Gasteiger partial charge in [0.15, 0.2) is 4.96 Å². The van der Waals surface area contributed by atoms with Gasteiger partial charge >= 0.3 is 5.97 Å². The minimum Gasteiger partial charge on any atom is -0.504 e. The second-order valence-corrected chi connectivity index (χ2v) is 6.27. The molecule has 1 aromatic carbocycles. The van der Waals surface area contributed by atoms with E-state index in [0.717, 1.165) is 21.9 Å². The number of aromatic nitrogens is 2. The fraction of sp³-hybridized carbons (Fsp3) is 0.222. The van der Waals surface area contributed by atoms with E-state index in [9.17, 15) is 9.90 Å². The lowest BCUT2D eigenvalue weighted by molar-refractivity contribution is -0.132. The van der Waals surface area contributed by atoms with Crippen LogP contribution < -0.4 is 9.47 Å². The van der Waals surface area contributed by atoms with E-state index in [2.05, 4.69) is 4.98 Å². The molecule has 0 amide bonds. The first-order valence-electron chi connectivity index (χ1n) is 7.70. The predicted octanol–water partition coefficient (Wildman–Crippen LogP) is 3.24. The van der Waals surface area contributed by atoms with Crippen molar-refractivity contribution in [1.82, 2.24) is 9.38 Å². The molecule has 3 rings (SSSR count). The van der Waals surface area contributed by atoms with E-state index in [1.165, 1.54) is 24.7 Å². The molecule has 7 nitrogen and oxygen atoms in total. The molecule has 26 heavy (non-hydrogen) atoms. The van der Waals surface area contributed by atoms with Crippen molar-refractivity contribution < 1.29 is 24.1 Å². The van der Waals surface area contributed by atoms with Crippen LogP contribution in [-0.2, 0) is 16.0 Å². The summed E-state index contributed by atoms with van der Waals surface area (Å²) in [6.45, 7) is 0. The summed E-state index contributed by atoms with van der Waals surface area (Å²) in [5.74, 6) is 0.341. The summed E-state index contributed by atoms with van der Waals surface area (Å²) in [4.78, 5) is 16.7. The first-order chi connectivity index (χ1) is 12.6. The summed E-state index contributed by atoms with van der Waals surface area (Å²) < 4.78 is 17.4. The lowest BCUT2D eigenvalue weighted by atomic mass is 10.1. The van der Waals surface area contributed by atoms with Gasteiger partial charge in [-0.3, -0.25) is 4.40 Å². The van der Waals surface area contributed by atoms with Crippen LogP contribution in [0.3, 0.4) is 0 Å². The highest BCUT2D eigenvalue weighted by molar-refractivity contribution is 7.15. The average Bonchev–Trinajstić information content (AvgIpc) is 3.22. The zero-order valence-corrected chi connectivity index (χ0v) is 15.4. The number of hydrogen-bond donors (Lipinski definition) is 1. The van der Waals surface area contributed by atoms with Gasteiger partial charge in [-0.15, -0.1) is 11.3 Å². The Labute approximate surface area is 154 Å². The van der Waals surface area contributed by atoms with Crippen molar-refractivity contribution in [1.29, 1.82) is 0 Å². The van der Waals surface area contributed by atoms with Gasteiger partial charge < -0.3 is 19.3 Å². The Morgan fingerprint density at radius 2 is 2.12 bits per heavy atom. The van der Waals surface area contributed by atoms with Crippen LogP contribution in [0.5, 0.6) is 11.5 Å². The number of thiazole rings is 1. The van der Waals surface area contributed by atoms with Crippen LogP contribution >= 0.6 is 11.3 Å². The molecule has 136 valence electrons. The van der Waals surface area contributed by atoms with Crippen LogP contribution in [0.1, 0.15) is 5.69 Å². The van der Waals surface area contributed by atoms with Gasteiger partial charge in [0.05, 0.1) is 38.9 Å². The maximum absolute atomic E-state index is 11.3. The number of benzene rings is 1. The van der Waals surface area contributed by atoms with Crippen LogP contribution in [0.25, 0.3) is 16.2 Å². The fourth-order valence-electron chi connectivity index (χ4n) is 2.60. The molecule has 0 unspecified atom stereocenters. The number of hydrogen-bond acceptors (Lipinski definition) is 6. The zero-order valence-electron chi connectivity index (χ0n) is 14.6. The number of carboxylic acids is 1. The highest BCUT2D eigenvalue weighted by atomic mass is 32.1. The molecule has 1 N–H and O–H groups in total. The standard InChI is InChI=1S/C18H18N2O5S/c1-23-9-11(17(21)22)6-12-10-26-18-19-15(8-20(12)18)14-5-4-13(24-2)7-16(14)25-3/h4-5,7-10H,6H2,1-3H3,(H,21,22)/b11-9-. The molecule has 8 heteroatoms. The minimum absolute atomic E-state index is 0.171. The minimum atomic E-state index is -1.01. The topological polar surface area (TPSA) is 82.3 Å². The van der Waals surface area contributed by atoms with Crippen molar-refractivity contribution in [3.05, 3.63) is 47.3 Å². The van der Waals surface area contributed by atoms with E-state index >= 15 is 0 Å². The zero-order chi connectivity index (χ0) is 18.7. The SMILES string of the molecule is CO/C=C(/Cc1csc2nc(-c3ccc(OC)cc3OC)cn12)C(=O)O. The number of nitrogens with zero attached hydrogens (tertiary/aromatic N) is 2. The largest absolute Gasteiger partial charge is 0.504 e. The molecule has 0 aliphatic carbocycles. The number of imidazole rings is 1. The molecule has 0 spiro atoms. The predicted molar refractivity (Wildman–Crippen MR) is 98.0 cm³/mol. The van der Waals surface area contributed by atoms with Crippen molar-refractivity contribution in [2.24, 2.45) is 0 Å². The molecule has 0 radical (unpaired) electrons. The summed E-state index contributed by atoms with van der Waals surface area (Å²) in [7, 11) is 4.62. The van der Waals surface area contributed by atoms with E-state index in [1.807, 2.05) is 28.1 Å². The molecule has 0 bridgehead atoms.